The number of primary sulfonamides is 1. The number of ether oxygens (including phenoxy) is 1. The molecule has 0 spiro atoms. The summed E-state index contributed by atoms with van der Waals surface area (Å²) < 4.78 is 42.8. The van der Waals surface area contributed by atoms with Crippen molar-refractivity contribution in [2.75, 3.05) is 11.9 Å². The number of hydrogen-bond donors (Lipinski definition) is 2. The van der Waals surface area contributed by atoms with Gasteiger partial charge < -0.3 is 10.1 Å². The van der Waals surface area contributed by atoms with Crippen molar-refractivity contribution in [2.45, 2.75) is 55.9 Å². The first kappa shape index (κ1) is 26.0. The molecule has 1 fully saturated rings. The lowest BCUT2D eigenvalue weighted by atomic mass is 10.1. The summed E-state index contributed by atoms with van der Waals surface area (Å²) in [7, 11) is -3.72. The Balaban J connectivity index is 1.39. The lowest BCUT2D eigenvalue weighted by Crippen LogP contribution is -2.17. The minimum absolute atomic E-state index is 0.0667. The van der Waals surface area contributed by atoms with E-state index in [-0.39, 0.29) is 16.8 Å². The molecule has 0 amide bonds. The van der Waals surface area contributed by atoms with Gasteiger partial charge in [0.1, 0.15) is 11.9 Å². The highest BCUT2D eigenvalue weighted by atomic mass is 32.2. The Morgan fingerprint density at radius 2 is 1.61 bits per heavy atom. The van der Waals surface area contributed by atoms with Crippen LogP contribution in [-0.4, -0.2) is 36.0 Å². The first-order chi connectivity index (χ1) is 18.3. The molecule has 0 saturated heterocycles. The van der Waals surface area contributed by atoms with Crippen molar-refractivity contribution in [3.8, 4) is 17.1 Å². The fourth-order valence-electron chi connectivity index (χ4n) is 4.61. The summed E-state index contributed by atoms with van der Waals surface area (Å²) in [6.07, 6.45) is 7.31. The van der Waals surface area contributed by atoms with Gasteiger partial charge in [-0.15, -0.1) is 0 Å². The second-order valence-electron chi connectivity index (χ2n) is 9.52. The molecule has 1 aliphatic rings. The lowest BCUT2D eigenvalue weighted by Gasteiger charge is -2.18. The lowest BCUT2D eigenvalue weighted by molar-refractivity contribution is 0.178. The van der Waals surface area contributed by atoms with E-state index < -0.39 is 10.0 Å². The smallest absolute Gasteiger partial charge is 0.245 e. The fourth-order valence-corrected chi connectivity index (χ4v) is 5.13. The third kappa shape index (κ3) is 6.43. The van der Waals surface area contributed by atoms with Gasteiger partial charge in [0.2, 0.25) is 21.9 Å². The zero-order valence-electron chi connectivity index (χ0n) is 20.9. The highest BCUT2D eigenvalue weighted by Crippen LogP contribution is 2.29. The molecule has 10 heteroatoms. The third-order valence-corrected chi connectivity index (χ3v) is 7.61. The van der Waals surface area contributed by atoms with Crippen LogP contribution in [0.4, 0.5) is 10.3 Å². The molecule has 0 bridgehead atoms. The van der Waals surface area contributed by atoms with Crippen molar-refractivity contribution in [2.24, 2.45) is 5.14 Å². The van der Waals surface area contributed by atoms with Gasteiger partial charge in [0.25, 0.3) is 0 Å². The van der Waals surface area contributed by atoms with Gasteiger partial charge in [-0.1, -0.05) is 25.0 Å². The van der Waals surface area contributed by atoms with E-state index in [0.717, 1.165) is 36.8 Å². The monoisotopic (exact) mass is 535 g/mol. The van der Waals surface area contributed by atoms with E-state index in [1.54, 1.807) is 24.3 Å². The molecule has 2 heterocycles. The average molecular weight is 536 g/mol. The van der Waals surface area contributed by atoms with Crippen LogP contribution in [0.2, 0.25) is 0 Å². The predicted molar refractivity (Wildman–Crippen MR) is 145 cm³/mol. The molecule has 1 saturated carbocycles. The molecular weight excluding hydrogens is 505 g/mol. The Hall–Kier alpha value is -3.63. The van der Waals surface area contributed by atoms with Crippen molar-refractivity contribution in [3.63, 3.8) is 0 Å². The zero-order chi connectivity index (χ0) is 26.5. The predicted octanol–water partition coefficient (Wildman–Crippen LogP) is 5.23. The number of anilines is 1. The number of pyridine rings is 1. The number of hydrogen-bond acceptors (Lipinski definition) is 7. The normalized spacial score (nSPS) is 14.8. The van der Waals surface area contributed by atoms with E-state index in [2.05, 4.69) is 15.3 Å². The van der Waals surface area contributed by atoms with Crippen molar-refractivity contribution in [1.82, 2.24) is 15.0 Å². The van der Waals surface area contributed by atoms with Crippen LogP contribution in [0.15, 0.2) is 65.6 Å². The van der Waals surface area contributed by atoms with Crippen LogP contribution in [0, 0.1) is 5.82 Å². The maximum absolute atomic E-state index is 13.4. The molecule has 0 unspecified atom stereocenters. The Morgan fingerprint density at radius 3 is 2.29 bits per heavy atom. The van der Waals surface area contributed by atoms with Crippen LogP contribution < -0.4 is 15.2 Å². The summed E-state index contributed by atoms with van der Waals surface area (Å²) in [5.74, 6) is 0.566. The number of nitrogens with one attached hydrogen (secondary N) is 1. The topological polar surface area (TPSA) is 120 Å². The summed E-state index contributed by atoms with van der Waals surface area (Å²) in [6.45, 7) is 0.532. The number of sulfonamides is 1. The standard InChI is InChI=1S/C28H30FN5O3S/c29-21-11-9-20(10-12-21)24-15-16-25-26(32-24)27(37-22-5-3-1-2-4-6-22)34-28(33-25)31-18-17-19-7-13-23(14-8-19)38(30,35)36/h7-16,22H,1-6,17-18H2,(H2,30,35,36)(H,31,33,34). The molecule has 3 N–H and O–H groups in total. The fraction of sp³-hybridized carbons (Fsp3) is 0.321. The van der Waals surface area contributed by atoms with Gasteiger partial charge >= 0.3 is 0 Å². The van der Waals surface area contributed by atoms with Gasteiger partial charge in [0.15, 0.2) is 5.52 Å². The van der Waals surface area contributed by atoms with E-state index >= 15 is 0 Å². The number of rotatable bonds is 8. The van der Waals surface area contributed by atoms with Crippen LogP contribution in [0.5, 0.6) is 5.88 Å². The number of aromatic nitrogens is 3. The summed E-state index contributed by atoms with van der Waals surface area (Å²) in [6, 6.07) is 16.4. The molecule has 198 valence electrons. The van der Waals surface area contributed by atoms with Crippen LogP contribution >= 0.6 is 0 Å². The number of nitrogens with two attached hydrogens (primary N) is 1. The van der Waals surface area contributed by atoms with E-state index in [1.807, 2.05) is 12.1 Å². The molecule has 4 aromatic rings. The minimum atomic E-state index is -3.72. The molecule has 2 aromatic carbocycles. The quantitative estimate of drug-likeness (QED) is 0.296. The zero-order valence-corrected chi connectivity index (χ0v) is 21.8. The molecule has 0 atom stereocenters. The van der Waals surface area contributed by atoms with Crippen molar-refractivity contribution < 1.29 is 17.5 Å². The maximum atomic E-state index is 13.4. The van der Waals surface area contributed by atoms with Crippen LogP contribution in [0.3, 0.4) is 0 Å². The van der Waals surface area contributed by atoms with Gasteiger partial charge in [-0.25, -0.2) is 27.9 Å². The van der Waals surface area contributed by atoms with E-state index in [1.165, 1.54) is 37.1 Å². The maximum Gasteiger partial charge on any atom is 0.245 e. The third-order valence-electron chi connectivity index (χ3n) is 6.68. The number of nitrogens with zero attached hydrogens (tertiary/aromatic N) is 3. The number of benzene rings is 2. The van der Waals surface area contributed by atoms with Crippen molar-refractivity contribution in [3.05, 3.63) is 72.0 Å². The molecular formula is C28H30FN5O3S. The first-order valence-electron chi connectivity index (χ1n) is 12.8. The number of halogens is 1. The highest BCUT2D eigenvalue weighted by Gasteiger charge is 2.19. The summed E-state index contributed by atoms with van der Waals surface area (Å²) in [4.78, 5) is 14.2. The summed E-state index contributed by atoms with van der Waals surface area (Å²) >= 11 is 0. The van der Waals surface area contributed by atoms with Gasteiger partial charge in [-0.05, 0) is 86.2 Å². The first-order valence-corrected chi connectivity index (χ1v) is 14.4. The second kappa shape index (κ2) is 11.4. The Labute approximate surface area is 221 Å². The number of fused-ring (bicyclic) bond motifs is 1. The molecule has 38 heavy (non-hydrogen) atoms. The van der Waals surface area contributed by atoms with Gasteiger partial charge in [-0.3, -0.25) is 0 Å². The average Bonchev–Trinajstić information content (AvgIpc) is 3.17. The van der Waals surface area contributed by atoms with Crippen LogP contribution in [0.1, 0.15) is 44.1 Å². The second-order valence-corrected chi connectivity index (χ2v) is 11.1. The largest absolute Gasteiger partial charge is 0.473 e. The van der Waals surface area contributed by atoms with Crippen molar-refractivity contribution >= 4 is 27.0 Å². The molecule has 2 aromatic heterocycles. The Bertz CT molecular complexity index is 1500. The van der Waals surface area contributed by atoms with E-state index in [9.17, 15) is 12.8 Å². The van der Waals surface area contributed by atoms with Crippen LogP contribution in [-0.2, 0) is 16.4 Å². The SMILES string of the molecule is NS(=O)(=O)c1ccc(CCNc2nc(OC3CCCCCC3)c3nc(-c4ccc(F)cc4)ccc3n2)cc1. The highest BCUT2D eigenvalue weighted by molar-refractivity contribution is 7.89. The summed E-state index contributed by atoms with van der Waals surface area (Å²) in [5.41, 5.74) is 3.65. The Morgan fingerprint density at radius 1 is 0.895 bits per heavy atom. The minimum Gasteiger partial charge on any atom is -0.473 e. The van der Waals surface area contributed by atoms with Crippen molar-refractivity contribution in [1.29, 1.82) is 0 Å². The molecule has 8 nitrogen and oxygen atoms in total. The van der Waals surface area contributed by atoms with Crippen LogP contribution in [0.25, 0.3) is 22.3 Å². The molecule has 0 aliphatic heterocycles. The summed E-state index contributed by atoms with van der Waals surface area (Å²) in [5, 5.41) is 8.44. The van der Waals surface area contributed by atoms with E-state index in [4.69, 9.17) is 14.9 Å². The van der Waals surface area contributed by atoms with Gasteiger partial charge in [0.05, 0.1) is 16.1 Å². The Kier molecular flexibility index (Phi) is 7.80. The van der Waals surface area contributed by atoms with E-state index in [0.29, 0.717) is 41.5 Å². The molecule has 1 aliphatic carbocycles. The van der Waals surface area contributed by atoms with Gasteiger partial charge in [-0.2, -0.15) is 4.98 Å². The van der Waals surface area contributed by atoms with Gasteiger partial charge in [0, 0.05) is 12.1 Å². The molecule has 0 radical (unpaired) electrons. The molecule has 5 rings (SSSR count).